The van der Waals surface area contributed by atoms with E-state index in [1.54, 1.807) is 23.2 Å². The summed E-state index contributed by atoms with van der Waals surface area (Å²) in [7, 11) is 0. The molecule has 0 spiro atoms. The van der Waals surface area contributed by atoms with Gasteiger partial charge in [0.1, 0.15) is 5.69 Å². The van der Waals surface area contributed by atoms with Crippen molar-refractivity contribution in [3.63, 3.8) is 0 Å². The first-order valence-electron chi connectivity index (χ1n) is 8.55. The van der Waals surface area contributed by atoms with E-state index in [0.29, 0.717) is 31.6 Å². The average molecular weight is 338 g/mol. The number of carbonyl (C=O) groups is 2. The molecule has 3 rings (SSSR count). The number of amides is 2. The highest BCUT2D eigenvalue weighted by atomic mass is 16.2. The number of nitrogens with two attached hydrogens (primary N) is 1. The van der Waals surface area contributed by atoms with Gasteiger partial charge in [0.25, 0.3) is 5.91 Å². The fourth-order valence-electron chi connectivity index (χ4n) is 3.00. The van der Waals surface area contributed by atoms with Crippen LogP contribution in [-0.2, 0) is 11.2 Å². The molecule has 6 nitrogen and oxygen atoms in total. The number of aromatic nitrogens is 1. The first kappa shape index (κ1) is 17.1. The predicted octanol–water partition coefficient (Wildman–Crippen LogP) is 2.35. The minimum atomic E-state index is -0.0960. The highest BCUT2D eigenvalue weighted by Gasteiger charge is 2.24. The molecule has 2 aromatic rings. The molecule has 0 atom stereocenters. The Morgan fingerprint density at radius 1 is 1.24 bits per heavy atom. The summed E-state index contributed by atoms with van der Waals surface area (Å²) in [6.45, 7) is 1.17. The van der Waals surface area contributed by atoms with E-state index in [1.165, 1.54) is 0 Å². The molecule has 2 amide bonds. The molecule has 0 radical (unpaired) electrons. The lowest BCUT2D eigenvalue weighted by Gasteiger charge is -2.29. The summed E-state index contributed by atoms with van der Waals surface area (Å²) in [6, 6.07) is 11.0. The van der Waals surface area contributed by atoms with Crippen LogP contribution in [0, 0.1) is 0 Å². The van der Waals surface area contributed by atoms with Gasteiger partial charge in [-0.3, -0.25) is 14.6 Å². The molecule has 1 aliphatic rings. The molecule has 3 N–H and O–H groups in total. The van der Waals surface area contributed by atoms with E-state index >= 15 is 0 Å². The molecule has 1 aliphatic heterocycles. The fourth-order valence-corrected chi connectivity index (χ4v) is 3.00. The molecule has 130 valence electrons. The molecule has 0 bridgehead atoms. The van der Waals surface area contributed by atoms with Gasteiger partial charge in [0.05, 0.1) is 0 Å². The van der Waals surface area contributed by atoms with E-state index in [1.807, 2.05) is 24.3 Å². The Hall–Kier alpha value is -2.73. The second-order valence-electron chi connectivity index (χ2n) is 6.06. The normalized spacial score (nSPS) is 13.2. The maximum absolute atomic E-state index is 12.7. The van der Waals surface area contributed by atoms with Gasteiger partial charge >= 0.3 is 0 Å². The Kier molecular flexibility index (Phi) is 5.40. The SMILES string of the molecule is NCCCC(=O)Nc1ccc2c(c1)CCCN2C(=O)c1ccccn1. The molecule has 0 fully saturated rings. The topological polar surface area (TPSA) is 88.3 Å². The molecule has 2 heterocycles. The Labute approximate surface area is 147 Å². The highest BCUT2D eigenvalue weighted by Crippen LogP contribution is 2.30. The van der Waals surface area contributed by atoms with Crippen LogP contribution in [0.2, 0.25) is 0 Å². The number of anilines is 2. The fraction of sp³-hybridized carbons (Fsp3) is 0.316. The van der Waals surface area contributed by atoms with Crippen molar-refractivity contribution in [2.75, 3.05) is 23.3 Å². The Morgan fingerprint density at radius 2 is 2.12 bits per heavy atom. The number of fused-ring (bicyclic) bond motifs is 1. The van der Waals surface area contributed by atoms with Crippen LogP contribution in [0.25, 0.3) is 0 Å². The highest BCUT2D eigenvalue weighted by molar-refractivity contribution is 6.05. The van der Waals surface area contributed by atoms with Gasteiger partial charge in [0, 0.05) is 30.5 Å². The van der Waals surface area contributed by atoms with E-state index in [4.69, 9.17) is 5.73 Å². The van der Waals surface area contributed by atoms with E-state index in [-0.39, 0.29) is 11.8 Å². The van der Waals surface area contributed by atoms with Crippen molar-refractivity contribution < 1.29 is 9.59 Å². The molecule has 1 aromatic heterocycles. The van der Waals surface area contributed by atoms with Crippen molar-refractivity contribution in [3.8, 4) is 0 Å². The number of benzene rings is 1. The van der Waals surface area contributed by atoms with Crippen molar-refractivity contribution in [2.24, 2.45) is 5.73 Å². The van der Waals surface area contributed by atoms with Gasteiger partial charge in [-0.2, -0.15) is 0 Å². The number of hydrogen-bond acceptors (Lipinski definition) is 4. The van der Waals surface area contributed by atoms with Gasteiger partial charge in [-0.1, -0.05) is 6.07 Å². The number of pyridine rings is 1. The molecule has 6 heteroatoms. The number of nitrogens with one attached hydrogen (secondary N) is 1. The Morgan fingerprint density at radius 3 is 2.88 bits per heavy atom. The zero-order chi connectivity index (χ0) is 17.6. The van der Waals surface area contributed by atoms with Crippen molar-refractivity contribution in [2.45, 2.75) is 25.7 Å². The molecule has 0 saturated heterocycles. The zero-order valence-electron chi connectivity index (χ0n) is 14.1. The largest absolute Gasteiger partial charge is 0.330 e. The quantitative estimate of drug-likeness (QED) is 0.876. The summed E-state index contributed by atoms with van der Waals surface area (Å²) in [6.07, 6.45) is 4.48. The number of aryl methyl sites for hydroxylation is 1. The average Bonchev–Trinajstić information content (AvgIpc) is 2.66. The third-order valence-corrected chi connectivity index (χ3v) is 4.22. The van der Waals surface area contributed by atoms with Crippen LogP contribution in [0.4, 0.5) is 11.4 Å². The van der Waals surface area contributed by atoms with Gasteiger partial charge in [-0.05, 0) is 61.7 Å². The second kappa shape index (κ2) is 7.90. The van der Waals surface area contributed by atoms with Crippen LogP contribution in [0.3, 0.4) is 0 Å². The minimum Gasteiger partial charge on any atom is -0.330 e. The van der Waals surface area contributed by atoms with Crippen LogP contribution in [-0.4, -0.2) is 29.9 Å². The molecule has 0 aliphatic carbocycles. The minimum absolute atomic E-state index is 0.0392. The summed E-state index contributed by atoms with van der Waals surface area (Å²) in [5.74, 6) is -0.135. The van der Waals surface area contributed by atoms with E-state index in [2.05, 4.69) is 10.3 Å². The van der Waals surface area contributed by atoms with Gasteiger partial charge in [0.2, 0.25) is 5.91 Å². The molecular formula is C19H22N4O2. The van der Waals surface area contributed by atoms with Crippen molar-refractivity contribution in [3.05, 3.63) is 53.9 Å². The number of hydrogen-bond donors (Lipinski definition) is 2. The summed E-state index contributed by atoms with van der Waals surface area (Å²) in [5, 5.41) is 2.89. The van der Waals surface area contributed by atoms with Crippen LogP contribution >= 0.6 is 0 Å². The molecular weight excluding hydrogens is 316 g/mol. The summed E-state index contributed by atoms with van der Waals surface area (Å²) >= 11 is 0. The van der Waals surface area contributed by atoms with Crippen LogP contribution in [0.1, 0.15) is 35.3 Å². The van der Waals surface area contributed by atoms with Crippen LogP contribution in [0.15, 0.2) is 42.6 Å². The van der Waals surface area contributed by atoms with E-state index in [0.717, 1.165) is 29.8 Å². The maximum atomic E-state index is 12.7. The standard InChI is InChI=1S/C19H22N4O2/c20-10-3-7-18(24)22-15-8-9-17-14(13-15)5-4-12-23(17)19(25)16-6-1-2-11-21-16/h1-2,6,8-9,11,13H,3-5,7,10,12,20H2,(H,22,24). The van der Waals surface area contributed by atoms with Crippen molar-refractivity contribution >= 4 is 23.2 Å². The van der Waals surface area contributed by atoms with Gasteiger partial charge in [-0.25, -0.2) is 0 Å². The smallest absolute Gasteiger partial charge is 0.276 e. The lowest BCUT2D eigenvalue weighted by molar-refractivity contribution is -0.116. The summed E-state index contributed by atoms with van der Waals surface area (Å²) in [4.78, 5) is 30.5. The first-order chi connectivity index (χ1) is 12.2. The lowest BCUT2D eigenvalue weighted by atomic mass is 10.0. The Bertz CT molecular complexity index is 761. The van der Waals surface area contributed by atoms with Crippen molar-refractivity contribution in [1.82, 2.24) is 4.98 Å². The third-order valence-electron chi connectivity index (χ3n) is 4.22. The van der Waals surface area contributed by atoms with E-state index in [9.17, 15) is 9.59 Å². The zero-order valence-corrected chi connectivity index (χ0v) is 14.1. The molecule has 0 unspecified atom stereocenters. The van der Waals surface area contributed by atoms with Gasteiger partial charge in [0.15, 0.2) is 0 Å². The summed E-state index contributed by atoms with van der Waals surface area (Å²) < 4.78 is 0. The van der Waals surface area contributed by atoms with Gasteiger partial charge in [-0.15, -0.1) is 0 Å². The third kappa shape index (κ3) is 4.03. The number of carbonyl (C=O) groups excluding carboxylic acids is 2. The Balaban J connectivity index is 1.78. The molecule has 0 saturated carbocycles. The molecule has 25 heavy (non-hydrogen) atoms. The monoisotopic (exact) mass is 338 g/mol. The maximum Gasteiger partial charge on any atom is 0.276 e. The predicted molar refractivity (Wildman–Crippen MR) is 97.6 cm³/mol. The summed E-state index contributed by atoms with van der Waals surface area (Å²) in [5.41, 5.74) is 8.58. The van der Waals surface area contributed by atoms with E-state index < -0.39 is 0 Å². The lowest BCUT2D eigenvalue weighted by Crippen LogP contribution is -2.36. The number of rotatable bonds is 5. The van der Waals surface area contributed by atoms with Crippen LogP contribution in [0.5, 0.6) is 0 Å². The molecule has 1 aromatic carbocycles. The van der Waals surface area contributed by atoms with Crippen molar-refractivity contribution in [1.29, 1.82) is 0 Å². The second-order valence-corrected chi connectivity index (χ2v) is 6.06. The first-order valence-corrected chi connectivity index (χ1v) is 8.55. The van der Waals surface area contributed by atoms with Crippen LogP contribution < -0.4 is 16.0 Å². The number of nitrogens with zero attached hydrogens (tertiary/aromatic N) is 2. The van der Waals surface area contributed by atoms with Gasteiger partial charge < -0.3 is 16.0 Å².